The fourth-order valence-electron chi connectivity index (χ4n) is 3.41. The van der Waals surface area contributed by atoms with Crippen LogP contribution >= 0.6 is 11.6 Å². The van der Waals surface area contributed by atoms with E-state index < -0.39 is 0 Å². The predicted molar refractivity (Wildman–Crippen MR) is 111 cm³/mol. The minimum absolute atomic E-state index is 0.253. The van der Waals surface area contributed by atoms with Crippen molar-refractivity contribution in [1.29, 1.82) is 0 Å². The van der Waals surface area contributed by atoms with Gasteiger partial charge in [-0.05, 0) is 46.1 Å². The average Bonchev–Trinajstić information content (AvgIpc) is 2.73. The molecule has 126 valence electrons. The Morgan fingerprint density at radius 2 is 1.56 bits per heavy atom. The van der Waals surface area contributed by atoms with Crippen molar-refractivity contribution < 1.29 is 0 Å². The van der Waals surface area contributed by atoms with E-state index in [4.69, 9.17) is 11.6 Å². The lowest BCUT2D eigenvalue weighted by Crippen LogP contribution is -1.92. The van der Waals surface area contributed by atoms with E-state index in [0.717, 1.165) is 44.1 Å². The molecule has 0 spiro atoms. The molecule has 0 N–H and O–H groups in total. The van der Waals surface area contributed by atoms with Crippen LogP contribution in [0.2, 0.25) is 5.28 Å². The summed E-state index contributed by atoms with van der Waals surface area (Å²) in [5, 5.41) is 3.55. The van der Waals surface area contributed by atoms with Crippen LogP contribution in [-0.4, -0.2) is 9.97 Å². The van der Waals surface area contributed by atoms with E-state index in [1.165, 1.54) is 0 Å². The summed E-state index contributed by atoms with van der Waals surface area (Å²) in [6.45, 7) is 0. The number of halogens is 1. The lowest BCUT2D eigenvalue weighted by atomic mass is 9.98. The molecule has 0 aliphatic rings. The Kier molecular flexibility index (Phi) is 3.74. The molecule has 5 aromatic rings. The zero-order valence-electron chi connectivity index (χ0n) is 14.3. The maximum absolute atomic E-state index is 6.22. The van der Waals surface area contributed by atoms with Crippen molar-refractivity contribution in [2.24, 2.45) is 0 Å². The van der Waals surface area contributed by atoms with Crippen molar-refractivity contribution in [3.8, 4) is 22.4 Å². The van der Waals surface area contributed by atoms with Gasteiger partial charge in [-0.2, -0.15) is 0 Å². The van der Waals surface area contributed by atoms with Crippen LogP contribution in [0.4, 0.5) is 0 Å². The number of hydrogen-bond acceptors (Lipinski definition) is 2. The summed E-state index contributed by atoms with van der Waals surface area (Å²) in [6, 6.07) is 32.6. The molecule has 1 aromatic heterocycles. The molecule has 27 heavy (non-hydrogen) atoms. The number of hydrogen-bond donors (Lipinski definition) is 0. The van der Waals surface area contributed by atoms with Gasteiger partial charge in [0.1, 0.15) is 0 Å². The van der Waals surface area contributed by atoms with Gasteiger partial charge in [0, 0.05) is 16.5 Å². The third-order valence-corrected chi connectivity index (χ3v) is 4.85. The van der Waals surface area contributed by atoms with Crippen LogP contribution < -0.4 is 0 Å². The SMILES string of the molecule is Clc1nc(-c2ccc(-c3c#cccc3)cc2)c2c(ccc3ccccc32)n1. The Morgan fingerprint density at radius 1 is 0.741 bits per heavy atom. The fraction of sp³-hybridized carbons (Fsp3) is 0. The Bertz CT molecular complexity index is 1260. The first-order chi connectivity index (χ1) is 13.3. The highest BCUT2D eigenvalue weighted by Gasteiger charge is 2.12. The first-order valence-corrected chi connectivity index (χ1v) is 9.01. The molecule has 0 fully saturated rings. The molecule has 0 aliphatic carbocycles. The maximum Gasteiger partial charge on any atom is 0.223 e. The molecule has 3 heteroatoms. The van der Waals surface area contributed by atoms with E-state index in [0.29, 0.717) is 0 Å². The summed E-state index contributed by atoms with van der Waals surface area (Å²) in [5.74, 6) is 0. The molecule has 0 aliphatic heterocycles. The van der Waals surface area contributed by atoms with Crippen LogP contribution in [0.3, 0.4) is 0 Å². The summed E-state index contributed by atoms with van der Waals surface area (Å²) in [4.78, 5) is 8.99. The number of fused-ring (bicyclic) bond motifs is 3. The second-order valence-corrected chi connectivity index (χ2v) is 6.65. The molecule has 0 atom stereocenters. The summed E-state index contributed by atoms with van der Waals surface area (Å²) in [6.07, 6.45) is 0. The number of benzene rings is 3. The van der Waals surface area contributed by atoms with Gasteiger partial charge in [0.15, 0.2) is 0 Å². The second kappa shape index (κ2) is 6.39. The monoisotopic (exact) mass is 364 g/mol. The first kappa shape index (κ1) is 15.8. The zero-order valence-corrected chi connectivity index (χ0v) is 15.0. The van der Waals surface area contributed by atoms with Crippen molar-refractivity contribution in [2.45, 2.75) is 0 Å². The number of nitrogens with zero attached hydrogens (tertiary/aromatic N) is 2. The standard InChI is InChI=1S/C24H13ClN2/c25-24-26-21-15-14-18-8-4-5-9-20(18)22(21)23(27-24)19-12-10-17(11-13-19)16-6-2-1-3-7-16/h1-2,4-6,8-15H. The highest BCUT2D eigenvalue weighted by atomic mass is 35.5. The van der Waals surface area contributed by atoms with Gasteiger partial charge in [-0.25, -0.2) is 9.97 Å². The summed E-state index contributed by atoms with van der Waals surface area (Å²) >= 11 is 6.22. The van der Waals surface area contributed by atoms with Crippen molar-refractivity contribution in [1.82, 2.24) is 9.97 Å². The van der Waals surface area contributed by atoms with Gasteiger partial charge in [0.25, 0.3) is 0 Å². The van der Waals surface area contributed by atoms with Crippen LogP contribution in [-0.2, 0) is 0 Å². The van der Waals surface area contributed by atoms with Crippen LogP contribution in [0.5, 0.6) is 0 Å². The van der Waals surface area contributed by atoms with Gasteiger partial charge in [0.05, 0.1) is 11.2 Å². The smallest absolute Gasteiger partial charge is 0.218 e. The van der Waals surface area contributed by atoms with E-state index >= 15 is 0 Å². The third-order valence-electron chi connectivity index (χ3n) is 4.68. The van der Waals surface area contributed by atoms with E-state index in [1.54, 1.807) is 0 Å². The molecule has 0 amide bonds. The molecule has 0 radical (unpaired) electrons. The number of rotatable bonds is 2. The van der Waals surface area contributed by atoms with Crippen LogP contribution in [0.25, 0.3) is 44.1 Å². The summed E-state index contributed by atoms with van der Waals surface area (Å²) < 4.78 is 0. The molecular formula is C24H13ClN2. The Hall–Kier alpha value is -3.41. The van der Waals surface area contributed by atoms with Crippen molar-refractivity contribution in [2.75, 3.05) is 0 Å². The fourth-order valence-corrected chi connectivity index (χ4v) is 3.59. The van der Waals surface area contributed by atoms with E-state index in [2.05, 4.69) is 64.6 Å². The molecular weight excluding hydrogens is 352 g/mol. The number of aromatic nitrogens is 2. The lowest BCUT2D eigenvalue weighted by molar-refractivity contribution is 1.23. The Labute approximate surface area is 162 Å². The van der Waals surface area contributed by atoms with Crippen LogP contribution in [0.15, 0.2) is 78.9 Å². The Morgan fingerprint density at radius 3 is 2.37 bits per heavy atom. The molecule has 0 saturated heterocycles. The minimum atomic E-state index is 0.253. The summed E-state index contributed by atoms with van der Waals surface area (Å²) in [7, 11) is 0. The van der Waals surface area contributed by atoms with Crippen molar-refractivity contribution >= 4 is 33.3 Å². The second-order valence-electron chi connectivity index (χ2n) is 6.31. The average molecular weight is 365 g/mol. The molecule has 5 rings (SSSR count). The van der Waals surface area contributed by atoms with Gasteiger partial charge in [-0.3, -0.25) is 0 Å². The van der Waals surface area contributed by atoms with Crippen molar-refractivity contribution in [3.05, 3.63) is 96.3 Å². The molecule has 0 bridgehead atoms. The first-order valence-electron chi connectivity index (χ1n) is 8.64. The largest absolute Gasteiger partial charge is 0.223 e. The quantitative estimate of drug-likeness (QED) is 0.268. The van der Waals surface area contributed by atoms with Gasteiger partial charge in [-0.1, -0.05) is 72.8 Å². The molecule has 2 nitrogen and oxygen atoms in total. The van der Waals surface area contributed by atoms with Gasteiger partial charge in [0.2, 0.25) is 5.28 Å². The lowest BCUT2D eigenvalue weighted by Gasteiger charge is -2.10. The molecule has 1 heterocycles. The van der Waals surface area contributed by atoms with Gasteiger partial charge in [-0.15, -0.1) is 0 Å². The maximum atomic E-state index is 6.22. The molecule has 0 saturated carbocycles. The van der Waals surface area contributed by atoms with Crippen molar-refractivity contribution in [3.63, 3.8) is 0 Å². The molecule has 0 unspecified atom stereocenters. The van der Waals surface area contributed by atoms with Gasteiger partial charge >= 0.3 is 0 Å². The summed E-state index contributed by atoms with van der Waals surface area (Å²) in [5.41, 5.74) is 4.80. The topological polar surface area (TPSA) is 25.8 Å². The van der Waals surface area contributed by atoms with Crippen LogP contribution in [0, 0.1) is 12.1 Å². The normalized spacial score (nSPS) is 10.9. The van der Waals surface area contributed by atoms with E-state index in [1.807, 2.05) is 36.4 Å². The van der Waals surface area contributed by atoms with Crippen LogP contribution in [0.1, 0.15) is 0 Å². The minimum Gasteiger partial charge on any atom is -0.218 e. The highest BCUT2D eigenvalue weighted by Crippen LogP contribution is 2.34. The third kappa shape index (κ3) is 2.79. The Balaban J connectivity index is 1.74. The molecule has 4 aromatic carbocycles. The predicted octanol–water partition coefficient (Wildman–Crippen LogP) is 6.37. The zero-order chi connectivity index (χ0) is 18.2. The van der Waals surface area contributed by atoms with E-state index in [-0.39, 0.29) is 5.28 Å². The van der Waals surface area contributed by atoms with E-state index in [9.17, 15) is 0 Å². The van der Waals surface area contributed by atoms with Gasteiger partial charge < -0.3 is 0 Å². The highest BCUT2D eigenvalue weighted by molar-refractivity contribution is 6.29.